The Morgan fingerprint density at radius 2 is 1.78 bits per heavy atom. The Bertz CT molecular complexity index is 656. The second kappa shape index (κ2) is 11.9. The van der Waals surface area contributed by atoms with E-state index in [2.05, 4.69) is 14.8 Å². The number of rotatable bonds is 7. The predicted octanol–water partition coefficient (Wildman–Crippen LogP) is 2.50. The molecule has 3 rings (SSSR count). The quantitative estimate of drug-likeness (QED) is 0.749. The highest BCUT2D eigenvalue weighted by atomic mass is 35.5. The number of aliphatic hydroxyl groups is 1. The van der Waals surface area contributed by atoms with Crippen LogP contribution in [0.15, 0.2) is 48.7 Å². The Morgan fingerprint density at radius 1 is 1.04 bits per heavy atom. The summed E-state index contributed by atoms with van der Waals surface area (Å²) in [6.45, 7) is 4.54. The number of β-amino-alcohol motifs (C(OH)–C–C–N with tert-alkyl or cyclic N) is 1. The summed E-state index contributed by atoms with van der Waals surface area (Å²) >= 11 is 0. The zero-order valence-electron chi connectivity index (χ0n) is 15.4. The Morgan fingerprint density at radius 3 is 2.44 bits per heavy atom. The molecule has 1 aliphatic rings. The van der Waals surface area contributed by atoms with E-state index >= 15 is 0 Å². The maximum Gasteiger partial charge on any atom is 0.128 e. The molecule has 27 heavy (non-hydrogen) atoms. The van der Waals surface area contributed by atoms with E-state index in [1.54, 1.807) is 7.11 Å². The molecule has 0 spiro atoms. The molecule has 1 N–H and O–H groups in total. The third kappa shape index (κ3) is 7.07. The zero-order chi connectivity index (χ0) is 17.5. The van der Waals surface area contributed by atoms with Crippen molar-refractivity contribution in [3.05, 3.63) is 48.7 Å². The lowest BCUT2D eigenvalue weighted by Crippen LogP contribution is -2.49. The van der Waals surface area contributed by atoms with Crippen molar-refractivity contribution in [1.82, 2.24) is 9.88 Å². The maximum atomic E-state index is 10.2. The normalized spacial score (nSPS) is 15.3. The van der Waals surface area contributed by atoms with Crippen molar-refractivity contribution in [3.63, 3.8) is 0 Å². The number of piperazine rings is 1. The molecule has 0 saturated carbocycles. The molecule has 1 aliphatic heterocycles. The Hall–Kier alpha value is -1.73. The van der Waals surface area contributed by atoms with Crippen LogP contribution in [0.3, 0.4) is 0 Å². The number of methoxy groups -OCH3 is 1. The summed E-state index contributed by atoms with van der Waals surface area (Å²) in [6.07, 6.45) is 1.30. The molecule has 1 atom stereocenters. The first-order valence-electron chi connectivity index (χ1n) is 8.58. The molecule has 0 radical (unpaired) electrons. The third-order valence-corrected chi connectivity index (χ3v) is 4.30. The summed E-state index contributed by atoms with van der Waals surface area (Å²) in [5.41, 5.74) is 0. The number of hydrogen-bond donors (Lipinski definition) is 1. The number of pyridine rings is 1. The SMILES string of the molecule is COc1cccc(OCC(O)CN2CCN(c3ccccn3)CC2)c1.Cl.Cl. The van der Waals surface area contributed by atoms with Crippen molar-refractivity contribution in [2.45, 2.75) is 6.10 Å². The van der Waals surface area contributed by atoms with E-state index in [9.17, 15) is 5.11 Å². The molecule has 2 aromatic rings. The van der Waals surface area contributed by atoms with Crippen molar-refractivity contribution in [1.29, 1.82) is 0 Å². The average Bonchev–Trinajstić information content (AvgIpc) is 2.68. The molecule has 1 unspecified atom stereocenters. The smallest absolute Gasteiger partial charge is 0.128 e. The highest BCUT2D eigenvalue weighted by Gasteiger charge is 2.20. The van der Waals surface area contributed by atoms with Gasteiger partial charge >= 0.3 is 0 Å². The molecule has 2 heterocycles. The minimum absolute atomic E-state index is 0. The number of benzene rings is 1. The lowest BCUT2D eigenvalue weighted by atomic mass is 10.2. The number of hydrogen-bond acceptors (Lipinski definition) is 6. The summed E-state index contributed by atoms with van der Waals surface area (Å²) in [7, 11) is 1.62. The first-order chi connectivity index (χ1) is 12.2. The van der Waals surface area contributed by atoms with Crippen LogP contribution in [-0.2, 0) is 0 Å². The molecule has 1 aromatic heterocycles. The molecular formula is C19H27Cl2N3O3. The van der Waals surface area contributed by atoms with Crippen molar-refractivity contribution in [3.8, 4) is 11.5 Å². The maximum absolute atomic E-state index is 10.2. The largest absolute Gasteiger partial charge is 0.497 e. The van der Waals surface area contributed by atoms with Crippen molar-refractivity contribution in [2.75, 3.05) is 51.3 Å². The van der Waals surface area contributed by atoms with E-state index < -0.39 is 6.10 Å². The monoisotopic (exact) mass is 415 g/mol. The summed E-state index contributed by atoms with van der Waals surface area (Å²) in [5.74, 6) is 2.47. The third-order valence-electron chi connectivity index (χ3n) is 4.30. The first-order valence-corrected chi connectivity index (χ1v) is 8.58. The summed E-state index contributed by atoms with van der Waals surface area (Å²) < 4.78 is 10.8. The molecule has 1 aromatic carbocycles. The summed E-state index contributed by atoms with van der Waals surface area (Å²) in [4.78, 5) is 8.93. The van der Waals surface area contributed by atoms with E-state index in [0.717, 1.165) is 37.7 Å². The van der Waals surface area contributed by atoms with Gasteiger partial charge in [0.15, 0.2) is 0 Å². The van der Waals surface area contributed by atoms with Gasteiger partial charge in [-0.25, -0.2) is 4.98 Å². The second-order valence-electron chi connectivity index (χ2n) is 6.12. The number of ether oxygens (including phenoxy) is 2. The van der Waals surface area contributed by atoms with Gasteiger partial charge in [0.25, 0.3) is 0 Å². The van der Waals surface area contributed by atoms with Crippen LogP contribution in [0.4, 0.5) is 5.82 Å². The van der Waals surface area contributed by atoms with Gasteiger partial charge in [-0.2, -0.15) is 0 Å². The molecule has 150 valence electrons. The molecule has 0 bridgehead atoms. The highest BCUT2D eigenvalue weighted by molar-refractivity contribution is 5.85. The highest BCUT2D eigenvalue weighted by Crippen LogP contribution is 2.19. The van der Waals surface area contributed by atoms with Crippen molar-refractivity contribution in [2.24, 2.45) is 0 Å². The number of aliphatic hydroxyl groups excluding tert-OH is 1. The molecular weight excluding hydrogens is 389 g/mol. The van der Waals surface area contributed by atoms with E-state index in [-0.39, 0.29) is 31.4 Å². The fourth-order valence-corrected chi connectivity index (χ4v) is 2.93. The molecule has 1 fully saturated rings. The van der Waals surface area contributed by atoms with Crippen molar-refractivity contribution < 1.29 is 14.6 Å². The van der Waals surface area contributed by atoms with Crippen LogP contribution >= 0.6 is 24.8 Å². The van der Waals surface area contributed by atoms with Gasteiger partial charge in [-0.15, -0.1) is 24.8 Å². The van der Waals surface area contributed by atoms with Gasteiger partial charge < -0.3 is 19.5 Å². The van der Waals surface area contributed by atoms with Gasteiger partial charge in [0.2, 0.25) is 0 Å². The fourth-order valence-electron chi connectivity index (χ4n) is 2.93. The van der Waals surface area contributed by atoms with Gasteiger partial charge in [-0.3, -0.25) is 4.90 Å². The van der Waals surface area contributed by atoms with Crippen LogP contribution in [0.25, 0.3) is 0 Å². The lowest BCUT2D eigenvalue weighted by molar-refractivity contribution is 0.0662. The topological polar surface area (TPSA) is 58.1 Å². The van der Waals surface area contributed by atoms with Crippen LogP contribution in [0.1, 0.15) is 0 Å². The standard InChI is InChI=1S/C19H25N3O3.2ClH/c1-24-17-5-4-6-18(13-17)25-15-16(23)14-21-9-11-22(12-10-21)19-7-2-3-8-20-19;;/h2-8,13,16,23H,9-12,14-15H2,1H3;2*1H. The zero-order valence-corrected chi connectivity index (χ0v) is 17.0. The molecule has 6 nitrogen and oxygen atoms in total. The summed E-state index contributed by atoms with van der Waals surface area (Å²) in [5, 5.41) is 10.2. The Kier molecular flexibility index (Phi) is 10.3. The lowest BCUT2D eigenvalue weighted by Gasteiger charge is -2.36. The Labute approximate surface area is 172 Å². The van der Waals surface area contributed by atoms with Crippen LogP contribution in [0, 0.1) is 0 Å². The number of halogens is 2. The summed E-state index contributed by atoms with van der Waals surface area (Å²) in [6, 6.07) is 13.4. The van der Waals surface area contributed by atoms with E-state index in [1.165, 1.54) is 0 Å². The number of anilines is 1. The van der Waals surface area contributed by atoms with E-state index in [1.807, 2.05) is 48.7 Å². The van der Waals surface area contributed by atoms with Crippen LogP contribution in [0.5, 0.6) is 11.5 Å². The van der Waals surface area contributed by atoms with Gasteiger partial charge in [-0.1, -0.05) is 12.1 Å². The number of aromatic nitrogens is 1. The molecule has 1 saturated heterocycles. The fraction of sp³-hybridized carbons (Fsp3) is 0.421. The van der Waals surface area contributed by atoms with Gasteiger partial charge in [-0.05, 0) is 24.3 Å². The van der Waals surface area contributed by atoms with E-state index in [4.69, 9.17) is 9.47 Å². The average molecular weight is 416 g/mol. The second-order valence-corrected chi connectivity index (χ2v) is 6.12. The van der Waals surface area contributed by atoms with Gasteiger partial charge in [0.05, 0.1) is 7.11 Å². The minimum Gasteiger partial charge on any atom is -0.497 e. The van der Waals surface area contributed by atoms with Gasteiger partial charge in [0, 0.05) is 45.0 Å². The molecule has 0 aliphatic carbocycles. The molecule has 0 amide bonds. The van der Waals surface area contributed by atoms with Gasteiger partial charge in [0.1, 0.15) is 30.0 Å². The van der Waals surface area contributed by atoms with E-state index in [0.29, 0.717) is 12.3 Å². The first kappa shape index (κ1) is 23.3. The predicted molar refractivity (Wildman–Crippen MR) is 112 cm³/mol. The van der Waals surface area contributed by atoms with Crippen LogP contribution in [-0.4, -0.2) is 67.5 Å². The number of nitrogens with zero attached hydrogens (tertiary/aromatic N) is 3. The van der Waals surface area contributed by atoms with Crippen LogP contribution in [0.2, 0.25) is 0 Å². The molecule has 8 heteroatoms. The minimum atomic E-state index is -0.521. The van der Waals surface area contributed by atoms with Crippen molar-refractivity contribution >= 4 is 30.6 Å². The van der Waals surface area contributed by atoms with Crippen LogP contribution < -0.4 is 14.4 Å². The Balaban J connectivity index is 0.00000182.